The van der Waals surface area contributed by atoms with Gasteiger partial charge in [0.2, 0.25) is 10.0 Å². The fraction of sp³-hybridized carbons (Fsp3) is 0.455. The van der Waals surface area contributed by atoms with E-state index < -0.39 is 10.0 Å². The van der Waals surface area contributed by atoms with E-state index in [-0.39, 0.29) is 6.10 Å². The Labute approximate surface area is 183 Å². The molecule has 30 heavy (non-hydrogen) atoms. The molecule has 0 saturated carbocycles. The van der Waals surface area contributed by atoms with Crippen LogP contribution >= 0.6 is 11.6 Å². The fourth-order valence-electron chi connectivity index (χ4n) is 3.87. The summed E-state index contributed by atoms with van der Waals surface area (Å²) in [4.78, 5) is 2.68. The summed E-state index contributed by atoms with van der Waals surface area (Å²) in [6.07, 6.45) is 1.87. The maximum absolute atomic E-state index is 12.5. The first kappa shape index (κ1) is 21.4. The number of rotatable bonds is 6. The van der Waals surface area contributed by atoms with E-state index in [0.717, 1.165) is 43.8 Å². The molecule has 2 aliphatic heterocycles. The summed E-state index contributed by atoms with van der Waals surface area (Å²) in [5.74, 6) is 1.76. The highest BCUT2D eigenvalue weighted by molar-refractivity contribution is 7.89. The largest absolute Gasteiger partial charge is 0.486 e. The third kappa shape index (κ3) is 5.27. The first-order valence-electron chi connectivity index (χ1n) is 10.3. The monoisotopic (exact) mass is 450 g/mol. The summed E-state index contributed by atoms with van der Waals surface area (Å²) >= 11 is 6.05. The van der Waals surface area contributed by atoms with Crippen LogP contribution in [-0.4, -0.2) is 52.2 Å². The Morgan fingerprint density at radius 2 is 1.83 bits per heavy atom. The molecular weight excluding hydrogens is 424 g/mol. The van der Waals surface area contributed by atoms with Crippen molar-refractivity contribution in [3.8, 4) is 11.5 Å². The molecular formula is C22H27ClN2O4S. The maximum Gasteiger partial charge on any atom is 0.240 e. The number of fused-ring (bicyclic) bond motifs is 1. The summed E-state index contributed by atoms with van der Waals surface area (Å²) in [5, 5.41) is 0.631. The third-order valence-corrected chi connectivity index (χ3v) is 7.36. The van der Waals surface area contributed by atoms with Crippen LogP contribution in [0.3, 0.4) is 0 Å². The lowest BCUT2D eigenvalue weighted by Crippen LogP contribution is -2.45. The van der Waals surface area contributed by atoms with Crippen molar-refractivity contribution in [2.24, 2.45) is 5.92 Å². The smallest absolute Gasteiger partial charge is 0.240 e. The summed E-state index contributed by atoms with van der Waals surface area (Å²) in [5.41, 5.74) is 1.04. The molecule has 0 spiro atoms. The number of nitrogens with one attached hydrogen (secondary N) is 1. The minimum absolute atomic E-state index is 0.0347. The molecule has 1 N–H and O–H groups in total. The molecule has 2 aromatic carbocycles. The van der Waals surface area contributed by atoms with Gasteiger partial charge >= 0.3 is 0 Å². The van der Waals surface area contributed by atoms with E-state index in [1.165, 1.54) is 0 Å². The standard InChI is InChI=1S/C22H27ClN2O4S/c1-16-2-5-20(6-3-16)30(26,27)24-13-17-8-10-25(11-9-17)14-19-15-28-21-7-4-18(23)12-22(21)29-19/h2-7,12,17,19,24H,8-11,13-15H2,1H3/t19-/m0/s1. The van der Waals surface area contributed by atoms with Crippen molar-refractivity contribution in [2.45, 2.75) is 30.8 Å². The number of hydrogen-bond acceptors (Lipinski definition) is 5. The van der Waals surface area contributed by atoms with Gasteiger partial charge in [0.25, 0.3) is 0 Å². The Kier molecular flexibility index (Phi) is 6.53. The first-order valence-corrected chi connectivity index (χ1v) is 12.1. The third-order valence-electron chi connectivity index (χ3n) is 5.69. The van der Waals surface area contributed by atoms with Gasteiger partial charge in [0.15, 0.2) is 11.5 Å². The number of ether oxygens (including phenoxy) is 2. The molecule has 4 rings (SSSR count). The van der Waals surface area contributed by atoms with E-state index in [1.807, 2.05) is 25.1 Å². The molecule has 0 aliphatic carbocycles. The van der Waals surface area contributed by atoms with Gasteiger partial charge in [-0.2, -0.15) is 0 Å². The Bertz CT molecular complexity index is 973. The Balaban J connectivity index is 1.23. The molecule has 0 amide bonds. The lowest BCUT2D eigenvalue weighted by Gasteiger charge is -2.35. The summed E-state index contributed by atoms with van der Waals surface area (Å²) in [7, 11) is -3.46. The molecule has 1 atom stereocenters. The lowest BCUT2D eigenvalue weighted by atomic mass is 9.97. The highest BCUT2D eigenvalue weighted by Crippen LogP contribution is 2.34. The van der Waals surface area contributed by atoms with Crippen molar-refractivity contribution in [2.75, 3.05) is 32.8 Å². The average molecular weight is 451 g/mol. The van der Waals surface area contributed by atoms with E-state index in [1.54, 1.807) is 24.3 Å². The van der Waals surface area contributed by atoms with Gasteiger partial charge in [-0.05, 0) is 63.0 Å². The minimum Gasteiger partial charge on any atom is -0.486 e. The molecule has 0 bridgehead atoms. The van der Waals surface area contributed by atoms with Gasteiger partial charge in [-0.25, -0.2) is 13.1 Å². The van der Waals surface area contributed by atoms with E-state index in [4.69, 9.17) is 21.1 Å². The normalized spacial score (nSPS) is 20.3. The van der Waals surface area contributed by atoms with E-state index in [9.17, 15) is 8.42 Å². The van der Waals surface area contributed by atoms with Gasteiger partial charge in [0, 0.05) is 24.2 Å². The van der Waals surface area contributed by atoms with Gasteiger partial charge in [-0.1, -0.05) is 29.3 Å². The van der Waals surface area contributed by atoms with Crippen LogP contribution in [0.2, 0.25) is 5.02 Å². The first-order chi connectivity index (χ1) is 14.4. The second-order valence-corrected chi connectivity index (χ2v) is 10.3. The van der Waals surface area contributed by atoms with E-state index in [2.05, 4.69) is 9.62 Å². The molecule has 162 valence electrons. The number of piperidine rings is 1. The lowest BCUT2D eigenvalue weighted by molar-refractivity contribution is 0.0481. The van der Waals surface area contributed by atoms with Crippen molar-refractivity contribution >= 4 is 21.6 Å². The van der Waals surface area contributed by atoms with Crippen LogP contribution < -0.4 is 14.2 Å². The molecule has 0 radical (unpaired) electrons. The highest BCUT2D eigenvalue weighted by atomic mass is 35.5. The van der Waals surface area contributed by atoms with Crippen molar-refractivity contribution in [1.29, 1.82) is 0 Å². The van der Waals surface area contributed by atoms with Gasteiger partial charge in [-0.3, -0.25) is 4.90 Å². The second-order valence-electron chi connectivity index (χ2n) is 8.05. The molecule has 2 aliphatic rings. The topological polar surface area (TPSA) is 67.9 Å². The number of likely N-dealkylation sites (tertiary alicyclic amines) is 1. The van der Waals surface area contributed by atoms with Gasteiger partial charge in [0.1, 0.15) is 12.7 Å². The highest BCUT2D eigenvalue weighted by Gasteiger charge is 2.27. The zero-order chi connectivity index (χ0) is 21.1. The Morgan fingerprint density at radius 1 is 1.10 bits per heavy atom. The average Bonchev–Trinajstić information content (AvgIpc) is 2.73. The summed E-state index contributed by atoms with van der Waals surface area (Å²) in [6.45, 7) is 5.55. The van der Waals surface area contributed by atoms with Gasteiger partial charge in [0.05, 0.1) is 4.90 Å². The maximum atomic E-state index is 12.5. The quantitative estimate of drug-likeness (QED) is 0.729. The van der Waals surface area contributed by atoms with Crippen molar-refractivity contribution in [3.05, 3.63) is 53.1 Å². The van der Waals surface area contributed by atoms with Crippen LogP contribution in [0.5, 0.6) is 11.5 Å². The number of aryl methyl sites for hydroxylation is 1. The molecule has 2 aromatic rings. The number of halogens is 1. The zero-order valence-electron chi connectivity index (χ0n) is 17.0. The van der Waals surface area contributed by atoms with Gasteiger partial charge in [-0.15, -0.1) is 0 Å². The molecule has 2 heterocycles. The Hall–Kier alpha value is -1.80. The molecule has 8 heteroatoms. The predicted molar refractivity (Wildman–Crippen MR) is 117 cm³/mol. The van der Waals surface area contributed by atoms with Crippen LogP contribution in [0.25, 0.3) is 0 Å². The second kappa shape index (κ2) is 9.14. The Morgan fingerprint density at radius 3 is 2.57 bits per heavy atom. The number of nitrogens with zero attached hydrogens (tertiary/aromatic N) is 1. The van der Waals surface area contributed by atoms with Crippen molar-refractivity contribution < 1.29 is 17.9 Å². The summed E-state index contributed by atoms with van der Waals surface area (Å²) in [6, 6.07) is 12.3. The number of hydrogen-bond donors (Lipinski definition) is 1. The molecule has 0 unspecified atom stereocenters. The summed E-state index contributed by atoms with van der Waals surface area (Å²) < 4.78 is 39.6. The van der Waals surface area contributed by atoms with Crippen molar-refractivity contribution in [1.82, 2.24) is 9.62 Å². The van der Waals surface area contributed by atoms with Crippen LogP contribution in [0.15, 0.2) is 47.4 Å². The zero-order valence-corrected chi connectivity index (χ0v) is 18.6. The van der Waals surface area contributed by atoms with Crippen LogP contribution in [-0.2, 0) is 10.0 Å². The fourth-order valence-corrected chi connectivity index (χ4v) is 5.15. The molecule has 1 fully saturated rings. The minimum atomic E-state index is -3.46. The van der Waals surface area contributed by atoms with Gasteiger partial charge < -0.3 is 9.47 Å². The van der Waals surface area contributed by atoms with Crippen LogP contribution in [0.4, 0.5) is 0 Å². The van der Waals surface area contributed by atoms with Crippen molar-refractivity contribution in [3.63, 3.8) is 0 Å². The molecule has 0 aromatic heterocycles. The number of benzene rings is 2. The molecule has 6 nitrogen and oxygen atoms in total. The predicted octanol–water partition coefficient (Wildman–Crippen LogP) is 3.48. The van der Waals surface area contributed by atoms with Crippen LogP contribution in [0, 0.1) is 12.8 Å². The van der Waals surface area contributed by atoms with E-state index >= 15 is 0 Å². The molecule has 1 saturated heterocycles. The number of sulfonamides is 1. The van der Waals surface area contributed by atoms with E-state index in [0.29, 0.717) is 34.7 Å². The SMILES string of the molecule is Cc1ccc(S(=O)(=O)NCC2CCN(C[C@H]3COc4ccc(Cl)cc4O3)CC2)cc1. The van der Waals surface area contributed by atoms with Crippen LogP contribution in [0.1, 0.15) is 18.4 Å².